The minimum Gasteiger partial charge on any atom is -0.444 e. The molecule has 1 saturated carbocycles. The topological polar surface area (TPSA) is 121 Å². The van der Waals surface area contributed by atoms with E-state index in [2.05, 4.69) is 21.7 Å². The summed E-state index contributed by atoms with van der Waals surface area (Å²) >= 11 is 0. The maximum atomic E-state index is 14.9. The van der Waals surface area contributed by atoms with Crippen molar-refractivity contribution in [3.05, 3.63) is 88.6 Å². The first-order chi connectivity index (χ1) is 22.9. The molecular formula is C38H41N5O5. The van der Waals surface area contributed by atoms with E-state index in [1.54, 1.807) is 16.0 Å². The third kappa shape index (κ3) is 4.55. The van der Waals surface area contributed by atoms with Gasteiger partial charge >= 0.3 is 6.09 Å². The van der Waals surface area contributed by atoms with Crippen molar-refractivity contribution >= 4 is 35.3 Å². The van der Waals surface area contributed by atoms with Crippen molar-refractivity contribution in [2.75, 3.05) is 23.7 Å². The number of piperazine rings is 1. The average Bonchev–Trinajstić information content (AvgIpc) is 3.82. The zero-order valence-corrected chi connectivity index (χ0v) is 27.7. The van der Waals surface area contributed by atoms with Gasteiger partial charge in [0.1, 0.15) is 23.5 Å². The predicted molar refractivity (Wildman–Crippen MR) is 179 cm³/mol. The molecule has 3 aromatic rings. The Bertz CT molecular complexity index is 1880. The van der Waals surface area contributed by atoms with Crippen molar-refractivity contribution in [1.29, 1.82) is 0 Å². The van der Waals surface area contributed by atoms with Gasteiger partial charge in [0.2, 0.25) is 17.7 Å². The normalized spacial score (nSPS) is 25.0. The van der Waals surface area contributed by atoms with Crippen LogP contribution in [0.4, 0.5) is 16.3 Å². The van der Waals surface area contributed by atoms with E-state index in [1.807, 2.05) is 69.3 Å². The van der Waals surface area contributed by atoms with Gasteiger partial charge in [-0.05, 0) is 99.7 Å². The number of hydrogen-bond acceptors (Lipinski definition) is 6. The van der Waals surface area contributed by atoms with Crippen molar-refractivity contribution in [3.8, 4) is 0 Å². The monoisotopic (exact) mass is 647 g/mol. The first-order valence-electron chi connectivity index (χ1n) is 17.0. The van der Waals surface area contributed by atoms with Crippen LogP contribution in [0, 0.1) is 0 Å². The summed E-state index contributed by atoms with van der Waals surface area (Å²) in [5.74, 6) is 0.0823. The van der Waals surface area contributed by atoms with E-state index in [4.69, 9.17) is 4.74 Å². The molecule has 5 aliphatic rings. The predicted octanol–water partition coefficient (Wildman–Crippen LogP) is 5.24. The average molecular weight is 648 g/mol. The van der Waals surface area contributed by atoms with Crippen molar-refractivity contribution in [1.82, 2.24) is 14.8 Å². The van der Waals surface area contributed by atoms with Gasteiger partial charge in [0.25, 0.3) is 0 Å². The number of hydrogen-bond donors (Lipinski definition) is 2. The van der Waals surface area contributed by atoms with E-state index in [1.165, 1.54) is 0 Å². The molecule has 2 N–H and O–H groups in total. The molecule has 0 unspecified atom stereocenters. The van der Waals surface area contributed by atoms with E-state index in [-0.39, 0.29) is 30.8 Å². The van der Waals surface area contributed by atoms with Crippen molar-refractivity contribution < 1.29 is 23.9 Å². The number of carbonyl (C=O) groups is 4. The molecule has 8 rings (SSSR count). The first-order valence-corrected chi connectivity index (χ1v) is 17.0. The maximum absolute atomic E-state index is 14.9. The van der Waals surface area contributed by atoms with Crippen LogP contribution in [0.1, 0.15) is 80.7 Å². The van der Waals surface area contributed by atoms with Gasteiger partial charge in [-0.3, -0.25) is 19.3 Å². The molecule has 2 aliphatic heterocycles. The molecule has 0 bridgehead atoms. The van der Waals surface area contributed by atoms with Gasteiger partial charge in [-0.1, -0.05) is 49.2 Å². The molecular weight excluding hydrogens is 606 g/mol. The number of aryl methyl sites for hydroxylation is 1. The zero-order valence-electron chi connectivity index (χ0n) is 27.7. The lowest BCUT2D eigenvalue weighted by Gasteiger charge is -2.56. The van der Waals surface area contributed by atoms with Gasteiger partial charge in [-0.15, -0.1) is 0 Å². The molecule has 4 amide bonds. The summed E-state index contributed by atoms with van der Waals surface area (Å²) in [6.07, 6.45) is 6.38. The number of aromatic nitrogens is 1. The SMILES string of the molecule is CC(C)(C)OC(=O)N1C[C@@]2(CCc3ccccc32)N(CC(=O)Nc2ccc3c(c2)C[C@@]2(C3)C(=O)Nc3ncccc32)C(=O)C12CCCC2. The van der Waals surface area contributed by atoms with Crippen LogP contribution in [0.5, 0.6) is 0 Å². The molecule has 48 heavy (non-hydrogen) atoms. The Hall–Kier alpha value is -4.73. The number of amides is 4. The molecule has 10 heteroatoms. The largest absolute Gasteiger partial charge is 0.444 e. The molecule has 248 valence electrons. The van der Waals surface area contributed by atoms with Gasteiger partial charge in [-0.2, -0.15) is 0 Å². The number of anilines is 2. The molecule has 3 spiro atoms. The van der Waals surface area contributed by atoms with Crippen molar-refractivity contribution in [2.45, 2.75) is 94.2 Å². The van der Waals surface area contributed by atoms with Gasteiger partial charge < -0.3 is 20.3 Å². The number of pyridine rings is 1. The second kappa shape index (κ2) is 10.6. The van der Waals surface area contributed by atoms with Crippen LogP contribution in [-0.4, -0.2) is 62.8 Å². The fraction of sp³-hybridized carbons (Fsp3) is 0.447. The van der Waals surface area contributed by atoms with E-state index in [0.717, 1.165) is 47.1 Å². The summed E-state index contributed by atoms with van der Waals surface area (Å²) in [7, 11) is 0. The molecule has 2 atom stereocenters. The standard InChI is InChI=1S/C38H41N5O5/c1-35(2,3)48-34(47)43-23-38(17-14-24-9-4-5-10-28(24)38)42(33(46)37(43)15-6-7-16-37)22-30(44)40-27-13-12-25-20-36(21-26(25)19-27)29-11-8-18-39-31(29)41-32(36)45/h4-5,8-13,18-19H,6-7,14-17,20-23H2,1-3H3,(H,40,44)(H,39,41,45)/t36-,38-/m1/s1. The highest BCUT2D eigenvalue weighted by Crippen LogP contribution is 2.52. The van der Waals surface area contributed by atoms with Crippen LogP contribution >= 0.6 is 0 Å². The Morgan fingerprint density at radius 2 is 1.67 bits per heavy atom. The van der Waals surface area contributed by atoms with E-state index < -0.39 is 28.2 Å². The summed E-state index contributed by atoms with van der Waals surface area (Å²) in [5, 5.41) is 6.02. The molecule has 0 radical (unpaired) electrons. The number of ether oxygens (including phenoxy) is 1. The van der Waals surface area contributed by atoms with Crippen molar-refractivity contribution in [2.24, 2.45) is 0 Å². The van der Waals surface area contributed by atoms with E-state index in [0.29, 0.717) is 43.6 Å². The lowest BCUT2D eigenvalue weighted by Crippen LogP contribution is -2.73. The number of fused-ring (bicyclic) bond motifs is 5. The molecule has 10 nitrogen and oxygen atoms in total. The van der Waals surface area contributed by atoms with Gasteiger partial charge in [0, 0.05) is 17.4 Å². The third-order valence-electron chi connectivity index (χ3n) is 11.2. The minimum absolute atomic E-state index is 0.0509. The Morgan fingerprint density at radius 3 is 2.46 bits per heavy atom. The minimum atomic E-state index is -1.04. The summed E-state index contributed by atoms with van der Waals surface area (Å²) in [4.78, 5) is 63.7. The second-order valence-corrected chi connectivity index (χ2v) is 15.2. The van der Waals surface area contributed by atoms with Crippen LogP contribution in [0.3, 0.4) is 0 Å². The summed E-state index contributed by atoms with van der Waals surface area (Å²) in [5.41, 5.74) is 2.41. The zero-order chi connectivity index (χ0) is 33.5. The number of benzene rings is 2. The smallest absolute Gasteiger partial charge is 0.411 e. The fourth-order valence-electron chi connectivity index (χ4n) is 9.08. The highest BCUT2D eigenvalue weighted by Gasteiger charge is 2.62. The summed E-state index contributed by atoms with van der Waals surface area (Å²) < 4.78 is 5.90. The number of rotatable bonds is 3. The van der Waals surface area contributed by atoms with Crippen LogP contribution in [0.25, 0.3) is 0 Å². The van der Waals surface area contributed by atoms with Crippen LogP contribution < -0.4 is 10.6 Å². The molecule has 2 aromatic carbocycles. The van der Waals surface area contributed by atoms with Crippen molar-refractivity contribution in [3.63, 3.8) is 0 Å². The Kier molecular flexibility index (Phi) is 6.78. The molecule has 3 heterocycles. The van der Waals surface area contributed by atoms with E-state index in [9.17, 15) is 19.2 Å². The summed E-state index contributed by atoms with van der Waals surface area (Å²) in [6.45, 7) is 5.66. The molecule has 1 saturated heterocycles. The third-order valence-corrected chi connectivity index (χ3v) is 11.2. The van der Waals surface area contributed by atoms with Gasteiger partial charge in [0.15, 0.2) is 0 Å². The maximum Gasteiger partial charge on any atom is 0.411 e. The van der Waals surface area contributed by atoms with Crippen LogP contribution in [0.15, 0.2) is 60.8 Å². The van der Waals surface area contributed by atoms with E-state index >= 15 is 0 Å². The van der Waals surface area contributed by atoms with Gasteiger partial charge in [-0.25, -0.2) is 9.78 Å². The molecule has 3 aliphatic carbocycles. The lowest BCUT2D eigenvalue weighted by atomic mass is 9.79. The Labute approximate surface area is 280 Å². The number of nitrogens with zero attached hydrogens (tertiary/aromatic N) is 3. The highest BCUT2D eigenvalue weighted by atomic mass is 16.6. The first kappa shape index (κ1) is 30.6. The second-order valence-electron chi connectivity index (χ2n) is 15.2. The number of nitrogens with one attached hydrogen (secondary N) is 2. The fourth-order valence-corrected chi connectivity index (χ4v) is 9.08. The highest BCUT2D eigenvalue weighted by molar-refractivity contribution is 6.06. The lowest BCUT2D eigenvalue weighted by molar-refractivity contribution is -0.166. The Balaban J connectivity index is 1.09. The molecule has 2 fully saturated rings. The van der Waals surface area contributed by atoms with Crippen LogP contribution in [-0.2, 0) is 49.3 Å². The Morgan fingerprint density at radius 1 is 0.917 bits per heavy atom. The van der Waals surface area contributed by atoms with Gasteiger partial charge in [0.05, 0.1) is 17.5 Å². The number of carbonyl (C=O) groups excluding carboxylic acids is 4. The molecule has 1 aromatic heterocycles. The van der Waals surface area contributed by atoms with Crippen LogP contribution in [0.2, 0.25) is 0 Å². The summed E-state index contributed by atoms with van der Waals surface area (Å²) in [6, 6.07) is 17.7. The quantitative estimate of drug-likeness (QED) is 0.401.